The first-order valence-corrected chi connectivity index (χ1v) is 6.17. The Morgan fingerprint density at radius 1 is 1.37 bits per heavy atom. The Bertz CT molecular complexity index is 413. The van der Waals surface area contributed by atoms with E-state index >= 15 is 0 Å². The molecule has 8 heteroatoms. The van der Waals surface area contributed by atoms with Crippen LogP contribution in [0.4, 0.5) is 4.79 Å². The minimum atomic E-state index is -1.14. The summed E-state index contributed by atoms with van der Waals surface area (Å²) in [6.45, 7) is 2.27. The molecule has 0 aromatic carbocycles. The highest BCUT2D eigenvalue weighted by atomic mass is 16.4. The smallest absolute Gasteiger partial charge is 0.326 e. The largest absolute Gasteiger partial charge is 0.480 e. The van der Waals surface area contributed by atoms with Gasteiger partial charge in [0, 0.05) is 26.1 Å². The first kappa shape index (κ1) is 13.6. The quantitative estimate of drug-likeness (QED) is 0.534. The van der Waals surface area contributed by atoms with Gasteiger partial charge in [0.1, 0.15) is 12.1 Å². The molecule has 2 aliphatic heterocycles. The van der Waals surface area contributed by atoms with Gasteiger partial charge in [-0.1, -0.05) is 0 Å². The third kappa shape index (κ3) is 2.48. The van der Waals surface area contributed by atoms with Crippen LogP contribution in [0.1, 0.15) is 13.3 Å². The van der Waals surface area contributed by atoms with E-state index in [-0.39, 0.29) is 18.9 Å². The van der Waals surface area contributed by atoms with E-state index in [9.17, 15) is 19.5 Å². The van der Waals surface area contributed by atoms with Gasteiger partial charge in [0.2, 0.25) is 5.91 Å². The number of β-amino-alcohol motifs (C(OH)–C–C–N with tert-alkyl or cyclic N) is 1. The number of carboxylic acid groups (broad SMARTS) is 1. The summed E-state index contributed by atoms with van der Waals surface area (Å²) in [6.07, 6.45) is -0.811. The molecule has 0 saturated carbocycles. The van der Waals surface area contributed by atoms with Crippen molar-refractivity contribution in [2.75, 3.05) is 19.6 Å². The number of carbonyl (C=O) groups is 3. The normalized spacial score (nSPS) is 31.3. The molecule has 2 fully saturated rings. The van der Waals surface area contributed by atoms with E-state index in [0.717, 1.165) is 4.90 Å². The van der Waals surface area contributed by atoms with E-state index in [4.69, 9.17) is 5.11 Å². The predicted molar refractivity (Wildman–Crippen MR) is 63.3 cm³/mol. The summed E-state index contributed by atoms with van der Waals surface area (Å²) in [4.78, 5) is 37.4. The van der Waals surface area contributed by atoms with Gasteiger partial charge in [-0.3, -0.25) is 4.79 Å². The molecular formula is C11H17N3O5. The van der Waals surface area contributed by atoms with Crippen LogP contribution in [-0.2, 0) is 9.59 Å². The molecule has 0 aliphatic carbocycles. The number of amides is 3. The van der Waals surface area contributed by atoms with E-state index < -0.39 is 30.2 Å². The van der Waals surface area contributed by atoms with Gasteiger partial charge in [0.05, 0.1) is 6.10 Å². The number of likely N-dealkylation sites (tertiary alicyclic amines) is 1. The van der Waals surface area contributed by atoms with Gasteiger partial charge in [-0.25, -0.2) is 9.59 Å². The summed E-state index contributed by atoms with van der Waals surface area (Å²) in [5.74, 6) is -1.40. The highest BCUT2D eigenvalue weighted by molar-refractivity contribution is 5.90. The molecule has 3 amide bonds. The maximum absolute atomic E-state index is 12.3. The summed E-state index contributed by atoms with van der Waals surface area (Å²) in [7, 11) is 0. The van der Waals surface area contributed by atoms with Gasteiger partial charge in [0.25, 0.3) is 0 Å². The zero-order chi connectivity index (χ0) is 14.2. The molecule has 0 spiro atoms. The number of nitrogens with zero attached hydrogens (tertiary/aromatic N) is 2. The van der Waals surface area contributed by atoms with Crippen molar-refractivity contribution in [3.8, 4) is 0 Å². The Morgan fingerprint density at radius 2 is 2.05 bits per heavy atom. The lowest BCUT2D eigenvalue weighted by atomic mass is 10.2. The standard InChI is InChI=1S/C11H17N3O5/c1-6-9(16)12-2-3-13(6)11(19)14-5-7(15)4-8(14)10(17)18/h6-8,15H,2-5H2,1H3,(H,12,16)(H,17,18)/t6?,7-,8-/m1/s1. The van der Waals surface area contributed by atoms with Crippen molar-refractivity contribution in [1.82, 2.24) is 15.1 Å². The lowest BCUT2D eigenvalue weighted by Crippen LogP contribution is -2.60. The predicted octanol–water partition coefficient (Wildman–Crippen LogP) is -1.55. The summed E-state index contributed by atoms with van der Waals surface area (Å²) >= 11 is 0. The Kier molecular flexibility index (Phi) is 3.61. The van der Waals surface area contributed by atoms with Crippen LogP contribution in [0.2, 0.25) is 0 Å². The van der Waals surface area contributed by atoms with E-state index in [1.54, 1.807) is 6.92 Å². The third-order valence-corrected chi connectivity index (χ3v) is 3.55. The van der Waals surface area contributed by atoms with Crippen molar-refractivity contribution in [2.45, 2.75) is 31.5 Å². The Balaban J connectivity index is 2.14. The summed E-state index contributed by atoms with van der Waals surface area (Å²) < 4.78 is 0. The molecule has 2 heterocycles. The zero-order valence-corrected chi connectivity index (χ0v) is 10.6. The number of piperazine rings is 1. The number of aliphatic hydroxyl groups excluding tert-OH is 1. The van der Waals surface area contributed by atoms with Crippen LogP contribution in [0.3, 0.4) is 0 Å². The zero-order valence-electron chi connectivity index (χ0n) is 10.6. The van der Waals surface area contributed by atoms with Crippen molar-refractivity contribution in [3.05, 3.63) is 0 Å². The fourth-order valence-electron chi connectivity index (χ4n) is 2.47. The highest BCUT2D eigenvalue weighted by Gasteiger charge is 2.42. The molecule has 0 aromatic heterocycles. The number of urea groups is 1. The first-order chi connectivity index (χ1) is 8.91. The number of nitrogens with one attached hydrogen (secondary N) is 1. The monoisotopic (exact) mass is 271 g/mol. The molecule has 1 unspecified atom stereocenters. The van der Waals surface area contributed by atoms with Crippen LogP contribution < -0.4 is 5.32 Å². The number of hydrogen-bond acceptors (Lipinski definition) is 4. The first-order valence-electron chi connectivity index (χ1n) is 6.17. The maximum Gasteiger partial charge on any atom is 0.326 e. The van der Waals surface area contributed by atoms with Crippen molar-refractivity contribution >= 4 is 17.9 Å². The van der Waals surface area contributed by atoms with Crippen LogP contribution in [0.25, 0.3) is 0 Å². The topological polar surface area (TPSA) is 110 Å². The molecule has 2 rings (SSSR count). The number of hydrogen-bond donors (Lipinski definition) is 3. The van der Waals surface area contributed by atoms with Crippen molar-refractivity contribution < 1.29 is 24.6 Å². The second-order valence-corrected chi connectivity index (χ2v) is 4.84. The van der Waals surface area contributed by atoms with Crippen molar-refractivity contribution in [2.24, 2.45) is 0 Å². The van der Waals surface area contributed by atoms with Gasteiger partial charge in [-0.05, 0) is 6.92 Å². The number of aliphatic carboxylic acids is 1. The molecule has 0 bridgehead atoms. The minimum absolute atomic E-state index is 0.0133. The summed E-state index contributed by atoms with van der Waals surface area (Å²) in [5.41, 5.74) is 0. The fraction of sp³-hybridized carbons (Fsp3) is 0.727. The number of carbonyl (C=O) groups excluding carboxylic acids is 2. The molecular weight excluding hydrogens is 254 g/mol. The Morgan fingerprint density at radius 3 is 2.68 bits per heavy atom. The van der Waals surface area contributed by atoms with E-state index in [2.05, 4.69) is 5.32 Å². The maximum atomic E-state index is 12.3. The molecule has 8 nitrogen and oxygen atoms in total. The third-order valence-electron chi connectivity index (χ3n) is 3.55. The molecule has 3 atom stereocenters. The Hall–Kier alpha value is -1.83. The minimum Gasteiger partial charge on any atom is -0.480 e. The Labute approximate surface area is 110 Å². The molecule has 2 saturated heterocycles. The van der Waals surface area contributed by atoms with E-state index in [1.165, 1.54) is 4.90 Å². The lowest BCUT2D eigenvalue weighted by molar-refractivity contribution is -0.141. The van der Waals surface area contributed by atoms with Gasteiger partial charge in [0.15, 0.2) is 0 Å². The number of carboxylic acids is 1. The SMILES string of the molecule is CC1C(=O)NCCN1C(=O)N1C[C@H](O)C[C@@H]1C(=O)O. The van der Waals surface area contributed by atoms with Crippen LogP contribution in [-0.4, -0.2) is 75.7 Å². The van der Waals surface area contributed by atoms with Gasteiger partial charge < -0.3 is 25.3 Å². The average molecular weight is 271 g/mol. The van der Waals surface area contributed by atoms with Crippen molar-refractivity contribution in [3.63, 3.8) is 0 Å². The molecule has 3 N–H and O–H groups in total. The average Bonchev–Trinajstić information content (AvgIpc) is 2.74. The van der Waals surface area contributed by atoms with Crippen LogP contribution in [0, 0.1) is 0 Å². The number of rotatable bonds is 1. The fourth-order valence-corrected chi connectivity index (χ4v) is 2.47. The van der Waals surface area contributed by atoms with Gasteiger partial charge >= 0.3 is 12.0 Å². The van der Waals surface area contributed by atoms with Gasteiger partial charge in [-0.15, -0.1) is 0 Å². The molecule has 0 aromatic rings. The number of aliphatic hydroxyl groups is 1. The van der Waals surface area contributed by atoms with Crippen LogP contribution in [0.15, 0.2) is 0 Å². The summed E-state index contributed by atoms with van der Waals surface area (Å²) in [5, 5.41) is 21.2. The molecule has 0 radical (unpaired) electrons. The lowest BCUT2D eigenvalue weighted by Gasteiger charge is -2.36. The van der Waals surface area contributed by atoms with E-state index in [1.807, 2.05) is 0 Å². The molecule has 2 aliphatic rings. The van der Waals surface area contributed by atoms with E-state index in [0.29, 0.717) is 13.1 Å². The van der Waals surface area contributed by atoms with Gasteiger partial charge in [-0.2, -0.15) is 0 Å². The second kappa shape index (κ2) is 5.04. The van der Waals surface area contributed by atoms with Crippen LogP contribution in [0.5, 0.6) is 0 Å². The molecule has 106 valence electrons. The summed E-state index contributed by atoms with van der Waals surface area (Å²) in [6, 6.07) is -2.17. The molecule has 19 heavy (non-hydrogen) atoms. The van der Waals surface area contributed by atoms with Crippen LogP contribution >= 0.6 is 0 Å². The van der Waals surface area contributed by atoms with Crippen molar-refractivity contribution in [1.29, 1.82) is 0 Å². The second-order valence-electron chi connectivity index (χ2n) is 4.84. The highest BCUT2D eigenvalue weighted by Crippen LogP contribution is 2.21.